The Bertz CT molecular complexity index is 874. The lowest BCUT2D eigenvalue weighted by molar-refractivity contribution is 0.0894. The van der Waals surface area contributed by atoms with Crippen LogP contribution < -0.4 is 0 Å². The molecule has 0 bridgehead atoms. The van der Waals surface area contributed by atoms with Crippen LogP contribution in [0.4, 0.5) is 0 Å². The number of carbonyl (C=O) groups excluding carboxylic acids is 2. The van der Waals surface area contributed by atoms with Crippen molar-refractivity contribution in [2.45, 2.75) is 91.4 Å². The largest absolute Gasteiger partial charge is 0.294 e. The molecule has 2 aromatic carbocycles. The second-order valence-corrected chi connectivity index (χ2v) is 10.4. The standard InChI is InChI=1S/C28H38O2/c1-8-9-10-11-21-18-22(14-17-24(21)28(5,6)7)26(30)19-25(29)20-12-15-23(16-13-20)27(2,3)4/h12-18H,8-11,19H2,1-7H3. The molecule has 0 fully saturated rings. The van der Waals surface area contributed by atoms with Crippen molar-refractivity contribution in [3.8, 4) is 0 Å². The normalized spacial score (nSPS) is 12.1. The van der Waals surface area contributed by atoms with Gasteiger partial charge in [0.05, 0.1) is 6.42 Å². The van der Waals surface area contributed by atoms with Gasteiger partial charge in [0.25, 0.3) is 0 Å². The number of hydrogen-bond acceptors (Lipinski definition) is 2. The van der Waals surface area contributed by atoms with Gasteiger partial charge in [0.2, 0.25) is 0 Å². The second kappa shape index (κ2) is 9.73. The fraction of sp³-hybridized carbons (Fsp3) is 0.500. The lowest BCUT2D eigenvalue weighted by atomic mass is 9.81. The first-order chi connectivity index (χ1) is 13.9. The third-order valence-corrected chi connectivity index (χ3v) is 5.68. The fourth-order valence-corrected chi connectivity index (χ4v) is 3.78. The van der Waals surface area contributed by atoms with Crippen LogP contribution in [-0.4, -0.2) is 11.6 Å². The molecule has 2 nitrogen and oxygen atoms in total. The van der Waals surface area contributed by atoms with Gasteiger partial charge in [-0.05, 0) is 46.4 Å². The Morgan fingerprint density at radius 2 is 1.30 bits per heavy atom. The topological polar surface area (TPSA) is 34.1 Å². The molecule has 2 aromatic rings. The van der Waals surface area contributed by atoms with E-state index in [4.69, 9.17) is 0 Å². The van der Waals surface area contributed by atoms with Gasteiger partial charge in [-0.25, -0.2) is 0 Å². The van der Waals surface area contributed by atoms with Crippen LogP contribution in [0.5, 0.6) is 0 Å². The molecule has 0 aliphatic carbocycles. The summed E-state index contributed by atoms with van der Waals surface area (Å²) in [6.07, 6.45) is 4.37. The lowest BCUT2D eigenvalue weighted by Gasteiger charge is -2.23. The van der Waals surface area contributed by atoms with Gasteiger partial charge in [-0.1, -0.05) is 97.7 Å². The van der Waals surface area contributed by atoms with E-state index >= 15 is 0 Å². The van der Waals surface area contributed by atoms with Crippen LogP contribution in [0.1, 0.15) is 112 Å². The minimum absolute atomic E-state index is 0.0355. The molecule has 2 heteroatoms. The van der Waals surface area contributed by atoms with Crippen molar-refractivity contribution in [3.05, 3.63) is 70.3 Å². The molecule has 162 valence electrons. The van der Waals surface area contributed by atoms with E-state index in [-0.39, 0.29) is 28.8 Å². The van der Waals surface area contributed by atoms with E-state index in [1.165, 1.54) is 29.5 Å². The Morgan fingerprint density at radius 3 is 1.83 bits per heavy atom. The van der Waals surface area contributed by atoms with Crippen molar-refractivity contribution in [2.24, 2.45) is 0 Å². The Hall–Kier alpha value is -2.22. The maximum atomic E-state index is 12.9. The van der Waals surface area contributed by atoms with Crippen LogP contribution in [0.25, 0.3) is 0 Å². The van der Waals surface area contributed by atoms with E-state index in [1.54, 1.807) is 0 Å². The Labute approximate surface area is 183 Å². The number of Topliss-reactive ketones (excluding diaryl/α,β-unsaturated/α-hetero) is 2. The summed E-state index contributed by atoms with van der Waals surface area (Å²) in [5.74, 6) is -0.218. The zero-order valence-electron chi connectivity index (χ0n) is 19.9. The third kappa shape index (κ3) is 6.39. The second-order valence-electron chi connectivity index (χ2n) is 10.4. The van der Waals surface area contributed by atoms with Gasteiger partial charge in [0.15, 0.2) is 11.6 Å². The molecule has 0 aromatic heterocycles. The van der Waals surface area contributed by atoms with Gasteiger partial charge in [0, 0.05) is 11.1 Å². The first-order valence-electron chi connectivity index (χ1n) is 11.2. The molecule has 0 amide bonds. The molecule has 0 saturated carbocycles. The van der Waals surface area contributed by atoms with E-state index in [2.05, 4.69) is 54.5 Å². The molecular formula is C28H38O2. The van der Waals surface area contributed by atoms with Crippen molar-refractivity contribution >= 4 is 11.6 Å². The summed E-state index contributed by atoms with van der Waals surface area (Å²) in [6, 6.07) is 13.7. The van der Waals surface area contributed by atoms with Crippen LogP contribution in [0.2, 0.25) is 0 Å². The Kier molecular flexibility index (Phi) is 7.80. The summed E-state index contributed by atoms with van der Waals surface area (Å²) in [4.78, 5) is 25.6. The first-order valence-corrected chi connectivity index (χ1v) is 11.2. The number of rotatable bonds is 8. The molecule has 0 aliphatic heterocycles. The molecule has 0 unspecified atom stereocenters. The van der Waals surface area contributed by atoms with Gasteiger partial charge in [-0.2, -0.15) is 0 Å². The first kappa shape index (κ1) is 24.1. The number of hydrogen-bond donors (Lipinski definition) is 0. The maximum Gasteiger partial charge on any atom is 0.170 e. The highest BCUT2D eigenvalue weighted by molar-refractivity contribution is 6.13. The van der Waals surface area contributed by atoms with Crippen LogP contribution in [0.3, 0.4) is 0 Å². The van der Waals surface area contributed by atoms with Gasteiger partial charge < -0.3 is 0 Å². The minimum Gasteiger partial charge on any atom is -0.294 e. The van der Waals surface area contributed by atoms with Crippen molar-refractivity contribution in [1.82, 2.24) is 0 Å². The monoisotopic (exact) mass is 406 g/mol. The quantitative estimate of drug-likeness (QED) is 0.259. The van der Waals surface area contributed by atoms with Gasteiger partial charge in [-0.15, -0.1) is 0 Å². The fourth-order valence-electron chi connectivity index (χ4n) is 3.78. The highest BCUT2D eigenvalue weighted by Crippen LogP contribution is 2.29. The van der Waals surface area contributed by atoms with Crippen molar-refractivity contribution in [3.63, 3.8) is 0 Å². The van der Waals surface area contributed by atoms with E-state index in [0.29, 0.717) is 11.1 Å². The summed E-state index contributed by atoms with van der Waals surface area (Å²) in [6.45, 7) is 15.3. The molecular weight excluding hydrogens is 368 g/mol. The summed E-state index contributed by atoms with van der Waals surface area (Å²) in [5.41, 5.74) is 5.04. The molecule has 0 heterocycles. The summed E-state index contributed by atoms with van der Waals surface area (Å²) >= 11 is 0. The van der Waals surface area contributed by atoms with Crippen LogP contribution >= 0.6 is 0 Å². The van der Waals surface area contributed by atoms with Crippen molar-refractivity contribution in [1.29, 1.82) is 0 Å². The maximum absolute atomic E-state index is 12.9. The SMILES string of the molecule is CCCCCc1cc(C(=O)CC(=O)c2ccc(C(C)(C)C)cc2)ccc1C(C)(C)C. The molecule has 0 spiro atoms. The van der Waals surface area contributed by atoms with Crippen molar-refractivity contribution in [2.75, 3.05) is 0 Å². The highest BCUT2D eigenvalue weighted by Gasteiger charge is 2.21. The van der Waals surface area contributed by atoms with E-state index in [9.17, 15) is 9.59 Å². The van der Waals surface area contributed by atoms with E-state index < -0.39 is 0 Å². The Balaban J connectivity index is 2.19. The molecule has 0 atom stereocenters. The van der Waals surface area contributed by atoms with Crippen LogP contribution in [-0.2, 0) is 17.3 Å². The smallest absolute Gasteiger partial charge is 0.170 e. The molecule has 0 radical (unpaired) electrons. The molecule has 2 rings (SSSR count). The molecule has 0 aliphatic rings. The Morgan fingerprint density at radius 1 is 0.733 bits per heavy atom. The zero-order chi connectivity index (χ0) is 22.5. The molecule has 0 N–H and O–H groups in total. The van der Waals surface area contributed by atoms with Crippen LogP contribution in [0, 0.1) is 0 Å². The number of aryl methyl sites for hydroxylation is 1. The predicted octanol–water partition coefficient (Wildman–Crippen LogP) is 7.47. The summed E-state index contributed by atoms with van der Waals surface area (Å²) in [7, 11) is 0. The number of ketones is 2. The van der Waals surface area contributed by atoms with E-state index in [0.717, 1.165) is 12.8 Å². The van der Waals surface area contributed by atoms with Gasteiger partial charge in [0.1, 0.15) is 0 Å². The zero-order valence-corrected chi connectivity index (χ0v) is 19.9. The average Bonchev–Trinajstić information content (AvgIpc) is 2.66. The van der Waals surface area contributed by atoms with Crippen LogP contribution in [0.15, 0.2) is 42.5 Å². The van der Waals surface area contributed by atoms with Gasteiger partial charge in [-0.3, -0.25) is 9.59 Å². The average molecular weight is 407 g/mol. The lowest BCUT2D eigenvalue weighted by Crippen LogP contribution is -2.16. The number of unbranched alkanes of at least 4 members (excludes halogenated alkanes) is 2. The molecule has 0 saturated heterocycles. The third-order valence-electron chi connectivity index (χ3n) is 5.68. The number of carbonyl (C=O) groups is 2. The summed E-state index contributed by atoms with van der Waals surface area (Å²) in [5, 5.41) is 0. The van der Waals surface area contributed by atoms with Gasteiger partial charge >= 0.3 is 0 Å². The highest BCUT2D eigenvalue weighted by atomic mass is 16.1. The van der Waals surface area contributed by atoms with E-state index in [1.807, 2.05) is 36.4 Å². The summed E-state index contributed by atoms with van der Waals surface area (Å²) < 4.78 is 0. The molecule has 30 heavy (non-hydrogen) atoms. The van der Waals surface area contributed by atoms with Crippen molar-refractivity contribution < 1.29 is 9.59 Å². The minimum atomic E-state index is -0.118. The number of benzene rings is 2. The predicted molar refractivity (Wildman–Crippen MR) is 127 cm³/mol.